The monoisotopic (exact) mass is 299 g/mol. The van der Waals surface area contributed by atoms with Gasteiger partial charge < -0.3 is 15.2 Å². The van der Waals surface area contributed by atoms with Gasteiger partial charge in [0.2, 0.25) is 5.91 Å². The van der Waals surface area contributed by atoms with E-state index < -0.39 is 17.7 Å². The fourth-order valence-electron chi connectivity index (χ4n) is 1.84. The lowest BCUT2D eigenvalue weighted by Crippen LogP contribution is -2.35. The van der Waals surface area contributed by atoms with Gasteiger partial charge in [-0.25, -0.2) is 8.78 Å². The molecule has 1 aromatic carbocycles. The van der Waals surface area contributed by atoms with Crippen LogP contribution in [0.4, 0.5) is 8.78 Å². The molecule has 116 valence electrons. The van der Waals surface area contributed by atoms with Crippen molar-refractivity contribution in [2.24, 2.45) is 5.92 Å². The van der Waals surface area contributed by atoms with Crippen LogP contribution < -0.4 is 5.32 Å². The van der Waals surface area contributed by atoms with Crippen molar-refractivity contribution in [2.45, 2.75) is 25.4 Å². The van der Waals surface area contributed by atoms with Crippen molar-refractivity contribution >= 4 is 5.91 Å². The lowest BCUT2D eigenvalue weighted by molar-refractivity contribution is -0.121. The van der Waals surface area contributed by atoms with Crippen LogP contribution >= 0.6 is 0 Å². The van der Waals surface area contributed by atoms with Crippen LogP contribution in [0.1, 0.15) is 18.4 Å². The molecule has 1 fully saturated rings. The minimum Gasteiger partial charge on any atom is -0.389 e. The molecule has 0 aromatic heterocycles. The molecule has 1 amide bonds. The third-order valence-electron chi connectivity index (χ3n) is 3.24. The number of halogens is 2. The minimum absolute atomic E-state index is 0.0626. The number of carbonyl (C=O) groups excluding carboxylic acids is 1. The molecular weight excluding hydrogens is 280 g/mol. The largest absolute Gasteiger partial charge is 0.389 e. The lowest BCUT2D eigenvalue weighted by Gasteiger charge is -2.12. The Morgan fingerprint density at radius 3 is 2.81 bits per heavy atom. The van der Waals surface area contributed by atoms with E-state index in [1.54, 1.807) is 0 Å². The van der Waals surface area contributed by atoms with E-state index in [0.29, 0.717) is 18.1 Å². The molecule has 2 rings (SSSR count). The molecule has 0 bridgehead atoms. The van der Waals surface area contributed by atoms with Gasteiger partial charge in [-0.05, 0) is 36.5 Å². The highest BCUT2D eigenvalue weighted by molar-refractivity contribution is 5.78. The predicted octanol–water partition coefficient (Wildman–Crippen LogP) is 1.41. The average Bonchev–Trinajstić information content (AvgIpc) is 3.25. The van der Waals surface area contributed by atoms with E-state index in [4.69, 9.17) is 4.74 Å². The summed E-state index contributed by atoms with van der Waals surface area (Å²) in [5, 5.41) is 12.2. The summed E-state index contributed by atoms with van der Waals surface area (Å²) in [6.45, 7) is 0.912. The van der Waals surface area contributed by atoms with Crippen molar-refractivity contribution in [1.29, 1.82) is 0 Å². The van der Waals surface area contributed by atoms with Gasteiger partial charge in [0.05, 0.1) is 19.1 Å². The van der Waals surface area contributed by atoms with Gasteiger partial charge in [-0.15, -0.1) is 0 Å². The average molecular weight is 299 g/mol. The summed E-state index contributed by atoms with van der Waals surface area (Å²) in [4.78, 5) is 11.6. The standard InChI is InChI=1S/C15H19F2NO3/c16-13-4-3-11(5-14(13)17)6-15(20)18-7-12(19)9-21-8-10-1-2-10/h3-5,10,12,19H,1-2,6-9H2,(H,18,20). The normalized spacial score (nSPS) is 15.8. The highest BCUT2D eigenvalue weighted by Crippen LogP contribution is 2.28. The fraction of sp³-hybridized carbons (Fsp3) is 0.533. The van der Waals surface area contributed by atoms with Crippen LogP contribution in [0.2, 0.25) is 0 Å². The van der Waals surface area contributed by atoms with Crippen LogP contribution in [0.3, 0.4) is 0 Å². The van der Waals surface area contributed by atoms with Crippen molar-refractivity contribution < 1.29 is 23.4 Å². The van der Waals surface area contributed by atoms with Crippen LogP contribution in [-0.2, 0) is 16.0 Å². The number of aliphatic hydroxyl groups excluding tert-OH is 1. The first-order valence-corrected chi connectivity index (χ1v) is 7.01. The van der Waals surface area contributed by atoms with E-state index in [9.17, 15) is 18.7 Å². The molecule has 0 saturated heterocycles. The number of ether oxygens (including phenoxy) is 1. The molecule has 21 heavy (non-hydrogen) atoms. The van der Waals surface area contributed by atoms with Crippen molar-refractivity contribution in [2.75, 3.05) is 19.8 Å². The molecule has 6 heteroatoms. The van der Waals surface area contributed by atoms with Crippen LogP contribution in [0.25, 0.3) is 0 Å². The molecule has 0 heterocycles. The molecule has 1 aliphatic rings. The van der Waals surface area contributed by atoms with E-state index in [2.05, 4.69) is 5.32 Å². The smallest absolute Gasteiger partial charge is 0.224 e. The Kier molecular flexibility index (Phi) is 5.64. The van der Waals surface area contributed by atoms with Gasteiger partial charge in [-0.2, -0.15) is 0 Å². The summed E-state index contributed by atoms with van der Waals surface area (Å²) < 4.78 is 31.0. The number of amides is 1. The summed E-state index contributed by atoms with van der Waals surface area (Å²) in [5.41, 5.74) is 0.380. The Bertz CT molecular complexity index is 492. The summed E-state index contributed by atoms with van der Waals surface area (Å²) in [5.74, 6) is -1.65. The first-order valence-electron chi connectivity index (χ1n) is 7.01. The van der Waals surface area contributed by atoms with Gasteiger partial charge in [0.15, 0.2) is 11.6 Å². The molecule has 1 aromatic rings. The molecule has 1 atom stereocenters. The topological polar surface area (TPSA) is 58.6 Å². The molecule has 1 unspecified atom stereocenters. The zero-order valence-corrected chi connectivity index (χ0v) is 11.6. The number of nitrogens with one attached hydrogen (secondary N) is 1. The Hall–Kier alpha value is -1.53. The highest BCUT2D eigenvalue weighted by Gasteiger charge is 2.21. The Labute approximate surface area is 122 Å². The summed E-state index contributed by atoms with van der Waals surface area (Å²) in [6.07, 6.45) is 1.53. The molecule has 1 aliphatic carbocycles. The summed E-state index contributed by atoms with van der Waals surface area (Å²) >= 11 is 0. The molecule has 0 aliphatic heterocycles. The van der Waals surface area contributed by atoms with Crippen LogP contribution in [0, 0.1) is 17.6 Å². The summed E-state index contributed by atoms with van der Waals surface area (Å²) in [6, 6.07) is 3.33. The second-order valence-corrected chi connectivity index (χ2v) is 5.36. The molecule has 0 radical (unpaired) electrons. The predicted molar refractivity (Wildman–Crippen MR) is 72.6 cm³/mol. The van der Waals surface area contributed by atoms with E-state index in [1.807, 2.05) is 0 Å². The number of hydrogen-bond acceptors (Lipinski definition) is 3. The third kappa shape index (κ3) is 5.77. The second kappa shape index (κ2) is 7.47. The maximum atomic E-state index is 13.0. The van der Waals surface area contributed by atoms with E-state index in [-0.39, 0.29) is 25.5 Å². The Morgan fingerprint density at radius 1 is 1.38 bits per heavy atom. The number of rotatable bonds is 8. The molecule has 2 N–H and O–H groups in total. The Balaban J connectivity index is 1.64. The van der Waals surface area contributed by atoms with E-state index in [1.165, 1.54) is 18.9 Å². The Morgan fingerprint density at radius 2 is 2.14 bits per heavy atom. The van der Waals surface area contributed by atoms with E-state index in [0.717, 1.165) is 12.1 Å². The van der Waals surface area contributed by atoms with Crippen LogP contribution in [0.15, 0.2) is 18.2 Å². The third-order valence-corrected chi connectivity index (χ3v) is 3.24. The van der Waals surface area contributed by atoms with Gasteiger partial charge in [0.1, 0.15) is 0 Å². The highest BCUT2D eigenvalue weighted by atomic mass is 19.2. The maximum absolute atomic E-state index is 13.0. The number of hydrogen-bond donors (Lipinski definition) is 2. The fourth-order valence-corrected chi connectivity index (χ4v) is 1.84. The van der Waals surface area contributed by atoms with Gasteiger partial charge in [0, 0.05) is 13.2 Å². The minimum atomic E-state index is -0.978. The molecule has 4 nitrogen and oxygen atoms in total. The lowest BCUT2D eigenvalue weighted by atomic mass is 10.1. The first-order chi connectivity index (χ1) is 10.0. The van der Waals surface area contributed by atoms with Crippen molar-refractivity contribution in [1.82, 2.24) is 5.32 Å². The van der Waals surface area contributed by atoms with Crippen molar-refractivity contribution in [3.63, 3.8) is 0 Å². The molecule has 0 spiro atoms. The quantitative estimate of drug-likeness (QED) is 0.763. The van der Waals surface area contributed by atoms with Gasteiger partial charge >= 0.3 is 0 Å². The van der Waals surface area contributed by atoms with Gasteiger partial charge in [-0.3, -0.25) is 4.79 Å². The zero-order valence-electron chi connectivity index (χ0n) is 11.6. The van der Waals surface area contributed by atoms with Gasteiger partial charge in [-0.1, -0.05) is 6.07 Å². The van der Waals surface area contributed by atoms with E-state index >= 15 is 0 Å². The zero-order chi connectivity index (χ0) is 15.2. The van der Waals surface area contributed by atoms with Crippen LogP contribution in [0.5, 0.6) is 0 Å². The number of aliphatic hydroxyl groups is 1. The first kappa shape index (κ1) is 15.9. The van der Waals surface area contributed by atoms with Gasteiger partial charge in [0.25, 0.3) is 0 Å². The molecule has 1 saturated carbocycles. The SMILES string of the molecule is O=C(Cc1ccc(F)c(F)c1)NCC(O)COCC1CC1. The van der Waals surface area contributed by atoms with Crippen molar-refractivity contribution in [3.8, 4) is 0 Å². The molecular formula is C15H19F2NO3. The number of benzene rings is 1. The second-order valence-electron chi connectivity index (χ2n) is 5.36. The van der Waals surface area contributed by atoms with Crippen molar-refractivity contribution in [3.05, 3.63) is 35.4 Å². The maximum Gasteiger partial charge on any atom is 0.224 e. The number of carbonyl (C=O) groups is 1. The van der Waals surface area contributed by atoms with Crippen LogP contribution in [-0.4, -0.2) is 36.9 Å². The summed E-state index contributed by atoms with van der Waals surface area (Å²) in [7, 11) is 0.